The van der Waals surface area contributed by atoms with Gasteiger partial charge in [0, 0.05) is 38.5 Å². The predicted octanol–water partition coefficient (Wildman–Crippen LogP) is 0.649. The molecule has 2 atom stereocenters. The topological polar surface area (TPSA) is 32.3 Å². The maximum atomic E-state index is 11.4. The molecule has 0 aromatic rings. The number of nitrogens with one attached hydrogen (secondary N) is 1. The average Bonchev–Trinajstić information content (AvgIpc) is 2.18. The Morgan fingerprint density at radius 3 is 3.07 bits per heavy atom. The number of rotatable bonds is 1. The van der Waals surface area contributed by atoms with Crippen molar-refractivity contribution < 1.29 is 4.79 Å². The van der Waals surface area contributed by atoms with Gasteiger partial charge in [0.15, 0.2) is 0 Å². The van der Waals surface area contributed by atoms with Crippen LogP contribution < -0.4 is 5.32 Å². The van der Waals surface area contributed by atoms with Crippen molar-refractivity contribution >= 4 is 5.78 Å². The molecule has 0 aromatic carbocycles. The minimum atomic E-state index is 0.472. The van der Waals surface area contributed by atoms with Crippen molar-refractivity contribution in [2.75, 3.05) is 26.7 Å². The highest BCUT2D eigenvalue weighted by Crippen LogP contribution is 2.27. The second kappa shape index (κ2) is 4.41. The van der Waals surface area contributed by atoms with Gasteiger partial charge in [0.2, 0.25) is 0 Å². The van der Waals surface area contributed by atoms with Crippen molar-refractivity contribution in [3.8, 4) is 0 Å². The molecular formula is C11H20N2O. The number of Topliss-reactive ketones (excluding diaryl/α,β-unsaturated/α-hetero) is 1. The van der Waals surface area contributed by atoms with Crippen molar-refractivity contribution in [1.29, 1.82) is 0 Å². The van der Waals surface area contributed by atoms with Crippen molar-refractivity contribution in [2.45, 2.75) is 31.7 Å². The van der Waals surface area contributed by atoms with Crippen molar-refractivity contribution in [2.24, 2.45) is 5.92 Å². The van der Waals surface area contributed by atoms with Gasteiger partial charge in [0.1, 0.15) is 5.78 Å². The molecule has 3 heteroatoms. The van der Waals surface area contributed by atoms with Gasteiger partial charge in [-0.25, -0.2) is 0 Å². The number of hydrogen-bond acceptors (Lipinski definition) is 3. The summed E-state index contributed by atoms with van der Waals surface area (Å²) in [6.45, 7) is 3.28. The minimum Gasteiger partial charge on any atom is -0.314 e. The van der Waals surface area contributed by atoms with Crippen LogP contribution in [0.2, 0.25) is 0 Å². The molecule has 1 aliphatic carbocycles. The Bertz CT molecular complexity index is 217. The average molecular weight is 196 g/mol. The third kappa shape index (κ3) is 2.15. The van der Waals surface area contributed by atoms with Crippen LogP contribution in [0.5, 0.6) is 0 Å². The van der Waals surface area contributed by atoms with E-state index in [1.165, 1.54) is 6.42 Å². The zero-order valence-electron chi connectivity index (χ0n) is 8.96. The first-order valence-electron chi connectivity index (χ1n) is 5.70. The van der Waals surface area contributed by atoms with Crippen LogP contribution in [0.1, 0.15) is 25.7 Å². The van der Waals surface area contributed by atoms with E-state index in [0.29, 0.717) is 17.7 Å². The van der Waals surface area contributed by atoms with Crippen molar-refractivity contribution in [1.82, 2.24) is 10.2 Å². The van der Waals surface area contributed by atoms with Crippen LogP contribution in [0.15, 0.2) is 0 Å². The summed E-state index contributed by atoms with van der Waals surface area (Å²) in [5.41, 5.74) is 0. The van der Waals surface area contributed by atoms with E-state index in [9.17, 15) is 4.79 Å². The fraction of sp³-hybridized carbons (Fsp3) is 0.909. The third-order valence-corrected chi connectivity index (χ3v) is 3.63. The van der Waals surface area contributed by atoms with E-state index in [4.69, 9.17) is 0 Å². The van der Waals surface area contributed by atoms with Gasteiger partial charge in [-0.15, -0.1) is 0 Å². The molecule has 0 amide bonds. The molecule has 1 heterocycles. The summed E-state index contributed by atoms with van der Waals surface area (Å²) in [5.74, 6) is 1.08. The molecule has 2 rings (SSSR count). The molecule has 1 aliphatic heterocycles. The van der Waals surface area contributed by atoms with Crippen LogP contribution in [-0.2, 0) is 4.79 Å². The summed E-state index contributed by atoms with van der Waals surface area (Å²) in [5, 5.41) is 3.42. The smallest absolute Gasteiger partial charge is 0.133 e. The highest BCUT2D eigenvalue weighted by molar-refractivity contribution is 5.79. The fourth-order valence-electron chi connectivity index (χ4n) is 2.74. The Balaban J connectivity index is 1.94. The Morgan fingerprint density at radius 1 is 1.50 bits per heavy atom. The summed E-state index contributed by atoms with van der Waals surface area (Å²) < 4.78 is 0. The molecule has 2 unspecified atom stereocenters. The summed E-state index contributed by atoms with van der Waals surface area (Å²) in [6, 6.07) is 0.591. The SMILES string of the molecule is CN1CCNCC1C1CCCC(=O)C1. The van der Waals surface area contributed by atoms with Crippen LogP contribution in [-0.4, -0.2) is 43.4 Å². The lowest BCUT2D eigenvalue weighted by molar-refractivity contribution is -0.122. The van der Waals surface area contributed by atoms with Crippen LogP contribution in [0.4, 0.5) is 0 Å². The van der Waals surface area contributed by atoms with E-state index in [0.717, 1.165) is 38.9 Å². The first-order chi connectivity index (χ1) is 6.77. The Labute approximate surface area is 85.8 Å². The molecule has 1 saturated carbocycles. The zero-order chi connectivity index (χ0) is 9.97. The number of carbonyl (C=O) groups excluding carboxylic acids is 1. The van der Waals surface area contributed by atoms with Gasteiger partial charge in [-0.05, 0) is 25.8 Å². The van der Waals surface area contributed by atoms with E-state index in [1.54, 1.807) is 0 Å². The predicted molar refractivity (Wildman–Crippen MR) is 56.3 cm³/mol. The summed E-state index contributed by atoms with van der Waals surface area (Å²) in [4.78, 5) is 13.8. The third-order valence-electron chi connectivity index (χ3n) is 3.63. The van der Waals surface area contributed by atoms with Gasteiger partial charge in [-0.2, -0.15) is 0 Å². The van der Waals surface area contributed by atoms with Gasteiger partial charge in [-0.1, -0.05) is 0 Å². The number of hydrogen-bond donors (Lipinski definition) is 1. The number of piperazine rings is 1. The summed E-state index contributed by atoms with van der Waals surface area (Å²) >= 11 is 0. The summed E-state index contributed by atoms with van der Waals surface area (Å²) in [7, 11) is 2.19. The molecule has 1 saturated heterocycles. The normalized spacial score (nSPS) is 35.9. The molecule has 0 aromatic heterocycles. The lowest BCUT2D eigenvalue weighted by Crippen LogP contribution is -2.53. The molecule has 0 spiro atoms. The molecule has 2 fully saturated rings. The highest BCUT2D eigenvalue weighted by Gasteiger charge is 2.30. The number of carbonyl (C=O) groups is 1. The largest absolute Gasteiger partial charge is 0.314 e. The number of nitrogens with zero attached hydrogens (tertiary/aromatic N) is 1. The van der Waals surface area contributed by atoms with Crippen LogP contribution in [0.3, 0.4) is 0 Å². The molecule has 0 bridgehead atoms. The second-order valence-electron chi connectivity index (χ2n) is 4.65. The van der Waals surface area contributed by atoms with E-state index in [1.807, 2.05) is 0 Å². The lowest BCUT2D eigenvalue weighted by atomic mass is 9.82. The molecule has 3 nitrogen and oxygen atoms in total. The Hall–Kier alpha value is -0.410. The first kappa shape index (κ1) is 10.1. The number of likely N-dealkylation sites (N-methyl/N-ethyl adjacent to an activating group) is 1. The fourth-order valence-corrected chi connectivity index (χ4v) is 2.74. The highest BCUT2D eigenvalue weighted by atomic mass is 16.1. The zero-order valence-corrected chi connectivity index (χ0v) is 8.96. The molecule has 14 heavy (non-hydrogen) atoms. The van der Waals surface area contributed by atoms with Gasteiger partial charge in [0.05, 0.1) is 0 Å². The molecule has 80 valence electrons. The Kier molecular flexibility index (Phi) is 3.19. The van der Waals surface area contributed by atoms with E-state index in [-0.39, 0.29) is 0 Å². The van der Waals surface area contributed by atoms with Crippen molar-refractivity contribution in [3.05, 3.63) is 0 Å². The van der Waals surface area contributed by atoms with Gasteiger partial charge in [-0.3, -0.25) is 4.79 Å². The first-order valence-corrected chi connectivity index (χ1v) is 5.70. The summed E-state index contributed by atoms with van der Waals surface area (Å²) in [6.07, 6.45) is 3.98. The molecule has 2 aliphatic rings. The quantitative estimate of drug-likeness (QED) is 0.668. The van der Waals surface area contributed by atoms with Crippen molar-refractivity contribution in [3.63, 3.8) is 0 Å². The van der Waals surface area contributed by atoms with E-state index < -0.39 is 0 Å². The van der Waals surface area contributed by atoms with E-state index >= 15 is 0 Å². The second-order valence-corrected chi connectivity index (χ2v) is 4.65. The van der Waals surface area contributed by atoms with Gasteiger partial charge < -0.3 is 10.2 Å². The molecule has 1 N–H and O–H groups in total. The van der Waals surface area contributed by atoms with E-state index in [2.05, 4.69) is 17.3 Å². The minimum absolute atomic E-state index is 0.472. The standard InChI is InChI=1S/C11H20N2O/c1-13-6-5-12-8-11(13)9-3-2-4-10(14)7-9/h9,11-12H,2-8H2,1H3. The molecular weight excluding hydrogens is 176 g/mol. The maximum Gasteiger partial charge on any atom is 0.133 e. The maximum absolute atomic E-state index is 11.4. The van der Waals surface area contributed by atoms with Gasteiger partial charge in [0.25, 0.3) is 0 Å². The van der Waals surface area contributed by atoms with Gasteiger partial charge >= 0.3 is 0 Å². The van der Waals surface area contributed by atoms with Crippen LogP contribution in [0, 0.1) is 5.92 Å². The van der Waals surface area contributed by atoms with Crippen LogP contribution >= 0.6 is 0 Å². The lowest BCUT2D eigenvalue weighted by Gasteiger charge is -2.39. The number of ketones is 1. The monoisotopic (exact) mass is 196 g/mol. The van der Waals surface area contributed by atoms with Crippen LogP contribution in [0.25, 0.3) is 0 Å². The Morgan fingerprint density at radius 2 is 2.36 bits per heavy atom. The molecule has 0 radical (unpaired) electrons.